The molecule has 0 N–H and O–H groups in total. The van der Waals surface area contributed by atoms with Gasteiger partial charge in [0, 0.05) is 18.9 Å². The lowest BCUT2D eigenvalue weighted by Gasteiger charge is -2.04. The molecule has 0 aromatic carbocycles. The van der Waals surface area contributed by atoms with E-state index in [4.69, 9.17) is 0 Å². The fourth-order valence-electron chi connectivity index (χ4n) is 2.51. The van der Waals surface area contributed by atoms with Gasteiger partial charge in [-0.2, -0.15) is 5.10 Å². The van der Waals surface area contributed by atoms with Gasteiger partial charge < -0.3 is 0 Å². The number of hydrogen-bond acceptors (Lipinski definition) is 3. The Balaban J connectivity index is 2.64. The second-order valence-electron chi connectivity index (χ2n) is 4.40. The molecule has 0 aliphatic heterocycles. The van der Waals surface area contributed by atoms with E-state index < -0.39 is 0 Å². The first kappa shape index (κ1) is 10.3. The lowest BCUT2D eigenvalue weighted by atomic mass is 10.1. The first-order valence-corrected chi connectivity index (χ1v) is 5.80. The summed E-state index contributed by atoms with van der Waals surface area (Å²) in [6.07, 6.45) is 0.865. The highest BCUT2D eigenvalue weighted by Crippen LogP contribution is 2.24. The zero-order valence-corrected chi connectivity index (χ0v) is 10.5. The second kappa shape index (κ2) is 3.29. The Morgan fingerprint density at radius 1 is 1.24 bits per heavy atom. The molecule has 3 heterocycles. The molecule has 0 aliphatic rings. The van der Waals surface area contributed by atoms with Crippen molar-refractivity contribution in [2.75, 3.05) is 0 Å². The summed E-state index contributed by atoms with van der Waals surface area (Å²) < 4.78 is 4.01. The summed E-state index contributed by atoms with van der Waals surface area (Å²) in [6, 6.07) is 2.07. The van der Waals surface area contributed by atoms with Crippen molar-refractivity contribution >= 4 is 16.7 Å². The van der Waals surface area contributed by atoms with E-state index >= 15 is 0 Å². The molecular weight excluding hydrogens is 214 g/mol. The minimum Gasteiger partial charge on any atom is -0.263 e. The Hall–Kier alpha value is -1.91. The summed E-state index contributed by atoms with van der Waals surface area (Å²) in [5.74, 6) is 0.980. The molecule has 3 rings (SSSR count). The number of hydrogen-bond donors (Lipinski definition) is 0. The van der Waals surface area contributed by atoms with Gasteiger partial charge in [-0.25, -0.2) is 0 Å². The summed E-state index contributed by atoms with van der Waals surface area (Å²) in [6.45, 7) is 6.22. The van der Waals surface area contributed by atoms with Crippen molar-refractivity contribution in [2.45, 2.75) is 27.2 Å². The third-order valence-corrected chi connectivity index (χ3v) is 3.22. The molecule has 0 spiro atoms. The zero-order valence-electron chi connectivity index (χ0n) is 10.5. The number of aromatic nitrogens is 5. The van der Waals surface area contributed by atoms with E-state index in [9.17, 15) is 0 Å². The predicted molar refractivity (Wildman–Crippen MR) is 66.1 cm³/mol. The van der Waals surface area contributed by atoms with Crippen molar-refractivity contribution in [3.63, 3.8) is 0 Å². The SMILES string of the molecule is CCc1nnc2cc(C)c3c(C)nn(C)c3n12. The monoisotopic (exact) mass is 229 g/mol. The van der Waals surface area contributed by atoms with Gasteiger partial charge in [0.25, 0.3) is 0 Å². The van der Waals surface area contributed by atoms with E-state index in [1.165, 1.54) is 10.9 Å². The topological polar surface area (TPSA) is 48.0 Å². The van der Waals surface area contributed by atoms with E-state index in [0.717, 1.165) is 29.2 Å². The van der Waals surface area contributed by atoms with Gasteiger partial charge in [-0.3, -0.25) is 9.08 Å². The summed E-state index contributed by atoms with van der Waals surface area (Å²) in [7, 11) is 1.97. The summed E-state index contributed by atoms with van der Waals surface area (Å²) in [4.78, 5) is 0. The summed E-state index contributed by atoms with van der Waals surface area (Å²) in [5, 5.41) is 14.1. The third kappa shape index (κ3) is 1.22. The van der Waals surface area contributed by atoms with Crippen molar-refractivity contribution in [1.82, 2.24) is 24.4 Å². The molecular formula is C12H15N5. The largest absolute Gasteiger partial charge is 0.263 e. The van der Waals surface area contributed by atoms with Crippen molar-refractivity contribution < 1.29 is 0 Å². The number of aryl methyl sites for hydroxylation is 4. The summed E-state index contributed by atoms with van der Waals surface area (Å²) in [5.41, 5.74) is 4.24. The van der Waals surface area contributed by atoms with Crippen LogP contribution in [0.3, 0.4) is 0 Å². The molecule has 0 atom stereocenters. The third-order valence-electron chi connectivity index (χ3n) is 3.22. The van der Waals surface area contributed by atoms with E-state index in [1.54, 1.807) is 0 Å². The van der Waals surface area contributed by atoms with E-state index in [-0.39, 0.29) is 0 Å². The van der Waals surface area contributed by atoms with E-state index in [2.05, 4.69) is 39.6 Å². The molecule has 0 bridgehead atoms. The quantitative estimate of drug-likeness (QED) is 0.639. The molecule has 3 aromatic rings. The van der Waals surface area contributed by atoms with Crippen LogP contribution in [-0.2, 0) is 13.5 Å². The molecule has 0 unspecified atom stereocenters. The minimum atomic E-state index is 0.865. The normalized spacial score (nSPS) is 11.8. The van der Waals surface area contributed by atoms with Crippen LogP contribution >= 0.6 is 0 Å². The maximum atomic E-state index is 4.50. The predicted octanol–water partition coefficient (Wildman–Crippen LogP) is 1.80. The molecule has 3 aromatic heterocycles. The van der Waals surface area contributed by atoms with Crippen LogP contribution in [0.15, 0.2) is 6.07 Å². The maximum absolute atomic E-state index is 4.50. The van der Waals surface area contributed by atoms with Gasteiger partial charge in [0.1, 0.15) is 11.5 Å². The highest BCUT2D eigenvalue weighted by molar-refractivity contribution is 5.85. The molecule has 17 heavy (non-hydrogen) atoms. The molecule has 0 radical (unpaired) electrons. The Bertz CT molecular complexity index is 719. The Morgan fingerprint density at radius 2 is 2.00 bits per heavy atom. The maximum Gasteiger partial charge on any atom is 0.162 e. The van der Waals surface area contributed by atoms with Gasteiger partial charge in [0.05, 0.1) is 5.69 Å². The number of nitrogens with zero attached hydrogens (tertiary/aromatic N) is 5. The highest BCUT2D eigenvalue weighted by atomic mass is 15.3. The molecule has 88 valence electrons. The highest BCUT2D eigenvalue weighted by Gasteiger charge is 2.15. The average Bonchev–Trinajstić information content (AvgIpc) is 2.80. The Morgan fingerprint density at radius 3 is 2.71 bits per heavy atom. The van der Waals surface area contributed by atoms with E-state index in [0.29, 0.717) is 0 Å². The van der Waals surface area contributed by atoms with Crippen LogP contribution in [0.1, 0.15) is 24.0 Å². The fourth-order valence-corrected chi connectivity index (χ4v) is 2.51. The van der Waals surface area contributed by atoms with Crippen molar-refractivity contribution in [2.24, 2.45) is 7.05 Å². The Labute approximate surface area is 99.1 Å². The van der Waals surface area contributed by atoms with Crippen LogP contribution in [0.4, 0.5) is 0 Å². The second-order valence-corrected chi connectivity index (χ2v) is 4.40. The first-order valence-electron chi connectivity index (χ1n) is 5.80. The molecule has 0 amide bonds. The van der Waals surface area contributed by atoms with Crippen LogP contribution < -0.4 is 0 Å². The average molecular weight is 229 g/mol. The summed E-state index contributed by atoms with van der Waals surface area (Å²) >= 11 is 0. The van der Waals surface area contributed by atoms with Gasteiger partial charge >= 0.3 is 0 Å². The fraction of sp³-hybridized carbons (Fsp3) is 0.417. The van der Waals surface area contributed by atoms with Crippen LogP contribution in [0.2, 0.25) is 0 Å². The van der Waals surface area contributed by atoms with Gasteiger partial charge in [-0.15, -0.1) is 10.2 Å². The van der Waals surface area contributed by atoms with E-state index in [1.807, 2.05) is 18.7 Å². The smallest absolute Gasteiger partial charge is 0.162 e. The van der Waals surface area contributed by atoms with Crippen molar-refractivity contribution in [3.8, 4) is 0 Å². The Kier molecular flexibility index (Phi) is 1.98. The van der Waals surface area contributed by atoms with Gasteiger partial charge in [-0.05, 0) is 25.5 Å². The number of fused-ring (bicyclic) bond motifs is 3. The van der Waals surface area contributed by atoms with Crippen LogP contribution in [-0.4, -0.2) is 24.4 Å². The first-order chi connectivity index (χ1) is 8.13. The minimum absolute atomic E-state index is 0.865. The van der Waals surface area contributed by atoms with Gasteiger partial charge in [0.2, 0.25) is 0 Å². The van der Waals surface area contributed by atoms with Crippen molar-refractivity contribution in [3.05, 3.63) is 23.1 Å². The number of pyridine rings is 1. The van der Waals surface area contributed by atoms with Crippen LogP contribution in [0, 0.1) is 13.8 Å². The molecule has 0 aliphatic carbocycles. The van der Waals surface area contributed by atoms with Crippen molar-refractivity contribution in [1.29, 1.82) is 0 Å². The zero-order chi connectivity index (χ0) is 12.2. The van der Waals surface area contributed by atoms with Gasteiger partial charge in [-0.1, -0.05) is 6.92 Å². The lowest BCUT2D eigenvalue weighted by Crippen LogP contribution is -2.00. The molecule has 0 saturated heterocycles. The lowest BCUT2D eigenvalue weighted by molar-refractivity contribution is 0.762. The molecule has 0 saturated carbocycles. The molecule has 5 heteroatoms. The number of rotatable bonds is 1. The standard InChI is InChI=1S/C12H15N5/c1-5-9-13-14-10-6-7(2)11-8(3)15-16(4)12(11)17(9)10/h6H,5H2,1-4H3. The van der Waals surface area contributed by atoms with Gasteiger partial charge in [0.15, 0.2) is 5.65 Å². The molecule has 0 fully saturated rings. The van der Waals surface area contributed by atoms with Crippen LogP contribution in [0.25, 0.3) is 16.7 Å². The van der Waals surface area contributed by atoms with Crippen LogP contribution in [0.5, 0.6) is 0 Å². The molecule has 5 nitrogen and oxygen atoms in total.